The molecule has 0 saturated heterocycles. The molecule has 1 N–H and O–H groups in total. The molecule has 0 fully saturated rings. The van der Waals surface area contributed by atoms with Gasteiger partial charge in [-0.25, -0.2) is 0 Å². The second-order valence-electron chi connectivity index (χ2n) is 6.86. The van der Waals surface area contributed by atoms with Crippen molar-refractivity contribution in [1.82, 2.24) is 0 Å². The summed E-state index contributed by atoms with van der Waals surface area (Å²) in [5.41, 5.74) is 4.04. The number of phenols is 1. The van der Waals surface area contributed by atoms with Crippen molar-refractivity contribution in [3.63, 3.8) is 0 Å². The number of non-ortho nitro benzene ring substituents is 1. The van der Waals surface area contributed by atoms with E-state index in [4.69, 9.17) is 0 Å². The molecule has 0 aliphatic carbocycles. The number of anilines is 1. The van der Waals surface area contributed by atoms with Crippen molar-refractivity contribution >= 4 is 28.9 Å². The Kier molecular flexibility index (Phi) is 5.13. The average Bonchev–Trinajstić information content (AvgIpc) is 3.01. The molecule has 30 heavy (non-hydrogen) atoms. The summed E-state index contributed by atoms with van der Waals surface area (Å²) in [6.07, 6.45) is 5.34. The van der Waals surface area contributed by atoms with Crippen LogP contribution in [0.1, 0.15) is 16.7 Å². The van der Waals surface area contributed by atoms with Gasteiger partial charge in [0.1, 0.15) is 5.75 Å². The summed E-state index contributed by atoms with van der Waals surface area (Å²) < 4.78 is 0. The molecule has 6 heteroatoms. The number of hydrogen-bond donors (Lipinski definition) is 1. The number of phenolic OH excluding ortho intramolecular Hbond substituents is 1. The molecular formula is C24H18N2O4. The van der Waals surface area contributed by atoms with Gasteiger partial charge in [0.2, 0.25) is 0 Å². The number of para-hydroxylation sites is 1. The third-order valence-electron chi connectivity index (χ3n) is 4.89. The van der Waals surface area contributed by atoms with Gasteiger partial charge in [0, 0.05) is 23.3 Å². The van der Waals surface area contributed by atoms with Gasteiger partial charge in [-0.1, -0.05) is 42.5 Å². The summed E-state index contributed by atoms with van der Waals surface area (Å²) in [7, 11) is 0. The fourth-order valence-corrected chi connectivity index (χ4v) is 3.37. The van der Waals surface area contributed by atoms with Crippen LogP contribution in [0.5, 0.6) is 5.75 Å². The fraction of sp³-hybridized carbons (Fsp3) is 0.0417. The van der Waals surface area contributed by atoms with E-state index in [1.807, 2.05) is 24.3 Å². The minimum absolute atomic E-state index is 0.0373. The lowest BCUT2D eigenvalue weighted by Gasteiger charge is -2.17. The van der Waals surface area contributed by atoms with Crippen LogP contribution in [0.3, 0.4) is 0 Å². The summed E-state index contributed by atoms with van der Waals surface area (Å²) in [6, 6.07) is 20.6. The molecule has 0 spiro atoms. The van der Waals surface area contributed by atoms with E-state index in [9.17, 15) is 20.0 Å². The Hall–Kier alpha value is -4.19. The molecule has 0 aromatic heterocycles. The Morgan fingerprint density at radius 1 is 0.967 bits per heavy atom. The van der Waals surface area contributed by atoms with Crippen LogP contribution in [0, 0.1) is 10.1 Å². The third-order valence-corrected chi connectivity index (χ3v) is 4.89. The van der Waals surface area contributed by atoms with Crippen LogP contribution in [0.25, 0.3) is 11.6 Å². The lowest BCUT2D eigenvalue weighted by molar-refractivity contribution is -0.384. The topological polar surface area (TPSA) is 83.7 Å². The van der Waals surface area contributed by atoms with Crippen LogP contribution in [0.15, 0.2) is 84.9 Å². The number of nitro groups is 1. The largest absolute Gasteiger partial charge is 0.508 e. The lowest BCUT2D eigenvalue weighted by atomic mass is 10.1. The monoisotopic (exact) mass is 398 g/mol. The molecule has 0 atom stereocenters. The van der Waals surface area contributed by atoms with Gasteiger partial charge in [-0.15, -0.1) is 0 Å². The molecule has 148 valence electrons. The molecule has 3 aromatic rings. The highest BCUT2D eigenvalue weighted by Crippen LogP contribution is 2.37. The molecule has 0 unspecified atom stereocenters. The van der Waals surface area contributed by atoms with Crippen LogP contribution in [-0.4, -0.2) is 15.9 Å². The Balaban J connectivity index is 1.59. The van der Waals surface area contributed by atoms with Crippen LogP contribution >= 0.6 is 0 Å². The van der Waals surface area contributed by atoms with E-state index in [2.05, 4.69) is 0 Å². The molecule has 0 saturated carbocycles. The second kappa shape index (κ2) is 8.05. The van der Waals surface area contributed by atoms with Gasteiger partial charge in [-0.3, -0.25) is 14.9 Å². The number of hydrogen-bond acceptors (Lipinski definition) is 4. The summed E-state index contributed by atoms with van der Waals surface area (Å²) >= 11 is 0. The fourth-order valence-electron chi connectivity index (χ4n) is 3.37. The van der Waals surface area contributed by atoms with Gasteiger partial charge in [-0.05, 0) is 47.5 Å². The maximum absolute atomic E-state index is 13.1. The standard InChI is InChI=1S/C24H18N2O4/c27-20-14-10-18(11-15-20)16-25-23-7-2-1-5-21(23)22(24(25)28)6-3-4-17-8-12-19(13-9-17)26(29)30/h1-15,27H,16H2/b4-3+,22-6?. The Morgan fingerprint density at radius 2 is 1.67 bits per heavy atom. The predicted molar refractivity (Wildman–Crippen MR) is 116 cm³/mol. The Morgan fingerprint density at radius 3 is 2.37 bits per heavy atom. The van der Waals surface area contributed by atoms with Crippen LogP contribution in [0.2, 0.25) is 0 Å². The first-order valence-electron chi connectivity index (χ1n) is 9.35. The normalized spacial score (nSPS) is 14.5. The van der Waals surface area contributed by atoms with Gasteiger partial charge >= 0.3 is 0 Å². The first kappa shape index (κ1) is 19.1. The zero-order valence-electron chi connectivity index (χ0n) is 15.9. The number of nitro benzene ring substituents is 1. The van der Waals surface area contributed by atoms with Crippen LogP contribution in [0.4, 0.5) is 11.4 Å². The molecule has 1 amide bonds. The van der Waals surface area contributed by atoms with E-state index >= 15 is 0 Å². The zero-order valence-corrected chi connectivity index (χ0v) is 15.9. The number of fused-ring (bicyclic) bond motifs is 1. The van der Waals surface area contributed by atoms with E-state index in [0.29, 0.717) is 12.1 Å². The van der Waals surface area contributed by atoms with Crippen molar-refractivity contribution in [2.45, 2.75) is 6.54 Å². The van der Waals surface area contributed by atoms with Gasteiger partial charge in [-0.2, -0.15) is 0 Å². The molecule has 1 aliphatic rings. The molecule has 3 aromatic carbocycles. The van der Waals surface area contributed by atoms with Crippen molar-refractivity contribution in [3.05, 3.63) is 112 Å². The first-order valence-corrected chi connectivity index (χ1v) is 9.35. The number of rotatable bonds is 5. The highest BCUT2D eigenvalue weighted by molar-refractivity contribution is 6.32. The minimum Gasteiger partial charge on any atom is -0.508 e. The van der Waals surface area contributed by atoms with Crippen molar-refractivity contribution in [2.75, 3.05) is 4.90 Å². The number of amides is 1. The maximum atomic E-state index is 13.1. The minimum atomic E-state index is -0.438. The molecule has 6 nitrogen and oxygen atoms in total. The quantitative estimate of drug-likeness (QED) is 0.375. The highest BCUT2D eigenvalue weighted by atomic mass is 16.6. The Labute approximate surface area is 173 Å². The van der Waals surface area contributed by atoms with Crippen molar-refractivity contribution < 1.29 is 14.8 Å². The van der Waals surface area contributed by atoms with Gasteiger partial charge in [0.25, 0.3) is 11.6 Å². The smallest absolute Gasteiger partial charge is 0.269 e. The zero-order chi connectivity index (χ0) is 21.1. The number of allylic oxidation sites excluding steroid dienone is 2. The first-order chi connectivity index (χ1) is 14.5. The third kappa shape index (κ3) is 3.84. The lowest BCUT2D eigenvalue weighted by Crippen LogP contribution is -2.25. The van der Waals surface area contributed by atoms with E-state index < -0.39 is 4.92 Å². The summed E-state index contributed by atoms with van der Waals surface area (Å²) in [4.78, 5) is 25.1. The summed E-state index contributed by atoms with van der Waals surface area (Å²) in [6.45, 7) is 0.402. The molecule has 0 radical (unpaired) electrons. The maximum Gasteiger partial charge on any atom is 0.269 e. The molecule has 0 bridgehead atoms. The van der Waals surface area contributed by atoms with Crippen LogP contribution in [-0.2, 0) is 11.3 Å². The van der Waals surface area contributed by atoms with E-state index in [1.54, 1.807) is 59.5 Å². The van der Waals surface area contributed by atoms with E-state index in [0.717, 1.165) is 22.4 Å². The summed E-state index contributed by atoms with van der Waals surface area (Å²) in [5.74, 6) is 0.0847. The SMILES string of the molecule is O=C1C(=C/C=C/c2ccc([N+](=O)[O-])cc2)c2ccccc2N1Cc1ccc(O)cc1. The highest BCUT2D eigenvalue weighted by Gasteiger charge is 2.31. The van der Waals surface area contributed by atoms with Crippen molar-refractivity contribution in [3.8, 4) is 5.75 Å². The van der Waals surface area contributed by atoms with Gasteiger partial charge in [0.05, 0.1) is 17.2 Å². The number of nitrogens with zero attached hydrogens (tertiary/aromatic N) is 2. The second-order valence-corrected chi connectivity index (χ2v) is 6.86. The summed E-state index contributed by atoms with van der Waals surface area (Å²) in [5, 5.41) is 20.2. The van der Waals surface area contributed by atoms with Crippen LogP contribution < -0.4 is 4.90 Å². The number of carbonyl (C=O) groups excluding carboxylic acids is 1. The van der Waals surface area contributed by atoms with Crippen molar-refractivity contribution in [2.24, 2.45) is 0 Å². The molecule has 1 aliphatic heterocycles. The number of carbonyl (C=O) groups is 1. The predicted octanol–water partition coefficient (Wildman–Crippen LogP) is 4.94. The van der Waals surface area contributed by atoms with Gasteiger partial charge in [0.15, 0.2) is 0 Å². The average molecular weight is 398 g/mol. The molecule has 4 rings (SSSR count). The van der Waals surface area contributed by atoms with E-state index in [-0.39, 0.29) is 17.3 Å². The molecule has 1 heterocycles. The Bertz CT molecular complexity index is 1160. The van der Waals surface area contributed by atoms with E-state index in [1.165, 1.54) is 12.1 Å². The van der Waals surface area contributed by atoms with Gasteiger partial charge < -0.3 is 10.0 Å². The van der Waals surface area contributed by atoms with Crippen molar-refractivity contribution in [1.29, 1.82) is 0 Å². The number of aromatic hydroxyl groups is 1. The molecular weight excluding hydrogens is 380 g/mol. The number of benzene rings is 3.